The molecule has 102 valence electrons. The maximum Gasteiger partial charge on any atom is 0.305 e. The van der Waals surface area contributed by atoms with Crippen molar-refractivity contribution in [3.63, 3.8) is 0 Å². The summed E-state index contributed by atoms with van der Waals surface area (Å²) in [6.07, 6.45) is 1.56. The zero-order valence-electron chi connectivity index (χ0n) is 10.1. The van der Waals surface area contributed by atoms with Gasteiger partial charge in [-0.25, -0.2) is 4.39 Å². The number of carbonyl (C=O) groups is 2. The van der Waals surface area contributed by atoms with Gasteiger partial charge in [0, 0.05) is 12.6 Å². The van der Waals surface area contributed by atoms with Crippen molar-refractivity contribution in [3.8, 4) is 0 Å². The van der Waals surface area contributed by atoms with E-state index in [0.29, 0.717) is 0 Å². The lowest BCUT2D eigenvalue weighted by molar-refractivity contribution is -0.137. The molecule has 0 atom stereocenters. The number of nitrogens with zero attached hydrogens (tertiary/aromatic N) is 1. The molecule has 1 aliphatic carbocycles. The van der Waals surface area contributed by atoms with Crippen molar-refractivity contribution in [3.05, 3.63) is 34.6 Å². The molecule has 1 saturated carbocycles. The van der Waals surface area contributed by atoms with Crippen LogP contribution < -0.4 is 0 Å². The molecule has 0 saturated heterocycles. The van der Waals surface area contributed by atoms with Gasteiger partial charge in [0.05, 0.1) is 17.0 Å². The van der Waals surface area contributed by atoms with E-state index in [1.807, 2.05) is 0 Å². The predicted octanol–water partition coefficient (Wildman–Crippen LogP) is 2.56. The number of benzene rings is 1. The molecule has 0 bridgehead atoms. The molecule has 1 aliphatic rings. The molecule has 4 nitrogen and oxygen atoms in total. The Hall–Kier alpha value is -1.62. The largest absolute Gasteiger partial charge is 0.481 e. The molecule has 1 amide bonds. The highest BCUT2D eigenvalue weighted by Crippen LogP contribution is 2.30. The molecule has 1 aromatic rings. The summed E-state index contributed by atoms with van der Waals surface area (Å²) >= 11 is 5.78. The highest BCUT2D eigenvalue weighted by Gasteiger charge is 2.34. The standard InChI is InChI=1S/C13H13ClFNO3/c14-12-9(2-1-3-10(12)15)13(19)16(8-4-5-8)7-6-11(17)18/h1-3,8H,4-7H2,(H,17,18). The van der Waals surface area contributed by atoms with Gasteiger partial charge in [-0.05, 0) is 25.0 Å². The monoisotopic (exact) mass is 285 g/mol. The number of rotatable bonds is 5. The predicted molar refractivity (Wildman–Crippen MR) is 67.7 cm³/mol. The first kappa shape index (κ1) is 13.8. The van der Waals surface area contributed by atoms with Crippen LogP contribution in [0.1, 0.15) is 29.6 Å². The molecule has 6 heteroatoms. The second kappa shape index (κ2) is 5.57. The van der Waals surface area contributed by atoms with Crippen LogP contribution in [0.5, 0.6) is 0 Å². The fourth-order valence-electron chi connectivity index (χ4n) is 1.88. The maximum absolute atomic E-state index is 13.3. The molecule has 1 N–H and O–H groups in total. The smallest absolute Gasteiger partial charge is 0.305 e. The van der Waals surface area contributed by atoms with E-state index in [1.165, 1.54) is 23.1 Å². The fourth-order valence-corrected chi connectivity index (χ4v) is 2.08. The number of hydrogen-bond donors (Lipinski definition) is 1. The van der Waals surface area contributed by atoms with Crippen molar-refractivity contribution >= 4 is 23.5 Å². The Bertz CT molecular complexity index is 517. The molecule has 0 spiro atoms. The van der Waals surface area contributed by atoms with Gasteiger partial charge in [0.2, 0.25) is 0 Å². The average Bonchev–Trinajstić information content (AvgIpc) is 3.17. The van der Waals surface area contributed by atoms with Crippen LogP contribution in [-0.2, 0) is 4.79 Å². The van der Waals surface area contributed by atoms with Gasteiger partial charge in [0.15, 0.2) is 0 Å². The van der Waals surface area contributed by atoms with Gasteiger partial charge in [-0.3, -0.25) is 9.59 Å². The lowest BCUT2D eigenvalue weighted by Crippen LogP contribution is -2.35. The van der Waals surface area contributed by atoms with Gasteiger partial charge in [0.25, 0.3) is 5.91 Å². The van der Waals surface area contributed by atoms with Gasteiger partial charge < -0.3 is 10.0 Å². The Morgan fingerprint density at radius 1 is 1.42 bits per heavy atom. The Labute approximate surface area is 114 Å². The maximum atomic E-state index is 13.3. The molecule has 2 rings (SSSR count). The van der Waals surface area contributed by atoms with Crippen LogP contribution in [0.4, 0.5) is 4.39 Å². The molecule has 0 aromatic heterocycles. The number of amides is 1. The number of carboxylic acid groups (broad SMARTS) is 1. The minimum absolute atomic E-state index is 0.0474. The molecule has 0 radical (unpaired) electrons. The van der Waals surface area contributed by atoms with Crippen LogP contribution in [0.25, 0.3) is 0 Å². The van der Waals surface area contributed by atoms with Crippen LogP contribution >= 0.6 is 11.6 Å². The van der Waals surface area contributed by atoms with Crippen molar-refractivity contribution in [2.24, 2.45) is 0 Å². The number of carboxylic acids is 1. The number of carbonyl (C=O) groups excluding carboxylic acids is 1. The highest BCUT2D eigenvalue weighted by atomic mass is 35.5. The molecular formula is C13H13ClFNO3. The van der Waals surface area contributed by atoms with Gasteiger partial charge in [-0.15, -0.1) is 0 Å². The van der Waals surface area contributed by atoms with Crippen molar-refractivity contribution in [2.75, 3.05) is 6.54 Å². The van der Waals surface area contributed by atoms with Gasteiger partial charge >= 0.3 is 5.97 Å². The van der Waals surface area contributed by atoms with Gasteiger partial charge in [-0.1, -0.05) is 17.7 Å². The van der Waals surface area contributed by atoms with Crippen molar-refractivity contribution in [1.82, 2.24) is 4.90 Å². The summed E-state index contributed by atoms with van der Waals surface area (Å²) in [5.74, 6) is -2.03. The summed E-state index contributed by atoms with van der Waals surface area (Å²) < 4.78 is 13.3. The Kier molecular flexibility index (Phi) is 4.04. The SMILES string of the molecule is O=C(O)CCN(C(=O)c1cccc(F)c1Cl)C1CC1. The second-order valence-corrected chi connectivity index (χ2v) is 4.85. The Balaban J connectivity index is 2.19. The molecule has 1 fully saturated rings. The second-order valence-electron chi connectivity index (χ2n) is 4.47. The number of hydrogen-bond acceptors (Lipinski definition) is 2. The minimum atomic E-state index is -0.969. The summed E-state index contributed by atoms with van der Waals surface area (Å²) in [7, 11) is 0. The van der Waals surface area contributed by atoms with Crippen LogP contribution in [-0.4, -0.2) is 34.5 Å². The first-order valence-corrected chi connectivity index (χ1v) is 6.35. The van der Waals surface area contributed by atoms with E-state index in [0.717, 1.165) is 12.8 Å². The topological polar surface area (TPSA) is 57.6 Å². The first-order chi connectivity index (χ1) is 9.00. The third kappa shape index (κ3) is 3.23. The fraction of sp³-hybridized carbons (Fsp3) is 0.385. The van der Waals surface area contributed by atoms with Crippen LogP contribution in [0, 0.1) is 5.82 Å². The van der Waals surface area contributed by atoms with E-state index in [2.05, 4.69) is 0 Å². The van der Waals surface area contributed by atoms with Gasteiger partial charge in [0.1, 0.15) is 5.82 Å². The first-order valence-electron chi connectivity index (χ1n) is 5.97. The third-order valence-electron chi connectivity index (χ3n) is 3.00. The lowest BCUT2D eigenvalue weighted by atomic mass is 10.2. The van der Waals surface area contributed by atoms with Crippen molar-refractivity contribution < 1.29 is 19.1 Å². The third-order valence-corrected chi connectivity index (χ3v) is 3.38. The Morgan fingerprint density at radius 3 is 2.68 bits per heavy atom. The van der Waals surface area contributed by atoms with Crippen molar-refractivity contribution in [1.29, 1.82) is 0 Å². The summed E-state index contributed by atoms with van der Waals surface area (Å²) in [4.78, 5) is 24.4. The average molecular weight is 286 g/mol. The van der Waals surface area contributed by atoms with E-state index in [-0.39, 0.29) is 29.6 Å². The van der Waals surface area contributed by atoms with E-state index in [9.17, 15) is 14.0 Å². The number of aliphatic carboxylic acids is 1. The normalized spacial score (nSPS) is 14.2. The summed E-state index contributed by atoms with van der Waals surface area (Å²) in [6, 6.07) is 4.09. The minimum Gasteiger partial charge on any atom is -0.481 e. The van der Waals surface area contributed by atoms with E-state index in [1.54, 1.807) is 0 Å². The molecule has 1 aromatic carbocycles. The lowest BCUT2D eigenvalue weighted by Gasteiger charge is -2.22. The van der Waals surface area contributed by atoms with Crippen LogP contribution in [0.2, 0.25) is 5.02 Å². The van der Waals surface area contributed by atoms with Crippen LogP contribution in [0.15, 0.2) is 18.2 Å². The molecule has 19 heavy (non-hydrogen) atoms. The van der Waals surface area contributed by atoms with E-state index in [4.69, 9.17) is 16.7 Å². The van der Waals surface area contributed by atoms with Crippen LogP contribution in [0.3, 0.4) is 0 Å². The summed E-state index contributed by atoms with van der Waals surface area (Å²) in [6.45, 7) is 0.117. The molecular weight excluding hydrogens is 273 g/mol. The van der Waals surface area contributed by atoms with Gasteiger partial charge in [-0.2, -0.15) is 0 Å². The van der Waals surface area contributed by atoms with E-state index < -0.39 is 17.7 Å². The zero-order valence-corrected chi connectivity index (χ0v) is 10.9. The molecule has 0 heterocycles. The Morgan fingerprint density at radius 2 is 2.11 bits per heavy atom. The zero-order chi connectivity index (χ0) is 14.0. The summed E-state index contributed by atoms with van der Waals surface area (Å²) in [5.41, 5.74) is 0.0824. The highest BCUT2D eigenvalue weighted by molar-refractivity contribution is 6.34. The number of halogens is 2. The molecule has 0 aliphatic heterocycles. The van der Waals surface area contributed by atoms with E-state index >= 15 is 0 Å². The molecule has 0 unspecified atom stereocenters. The van der Waals surface area contributed by atoms with Crippen molar-refractivity contribution in [2.45, 2.75) is 25.3 Å². The quantitative estimate of drug-likeness (QED) is 0.904. The summed E-state index contributed by atoms with van der Waals surface area (Å²) in [5, 5.41) is 8.48.